The van der Waals surface area contributed by atoms with Gasteiger partial charge in [-0.2, -0.15) is 0 Å². The molecule has 1 aromatic carbocycles. The Kier molecular flexibility index (Phi) is 3.75. The average Bonchev–Trinajstić information content (AvgIpc) is 2.75. The van der Waals surface area contributed by atoms with Crippen molar-refractivity contribution in [2.45, 2.75) is 38.1 Å². The second-order valence-electron chi connectivity index (χ2n) is 5.14. The first kappa shape index (κ1) is 13.8. The van der Waals surface area contributed by atoms with Gasteiger partial charge >= 0.3 is 0 Å². The van der Waals surface area contributed by atoms with Crippen LogP contribution in [0.1, 0.15) is 43.0 Å². The number of nitrogens with one attached hydrogen (secondary N) is 1. The van der Waals surface area contributed by atoms with Crippen molar-refractivity contribution in [2.75, 3.05) is 0 Å². The number of benzene rings is 1. The zero-order valence-corrected chi connectivity index (χ0v) is 11.4. The molecule has 0 radical (unpaired) electrons. The molecule has 0 unspecified atom stereocenters. The molecule has 6 heteroatoms. The van der Waals surface area contributed by atoms with Gasteiger partial charge in [0, 0.05) is 16.6 Å². The molecule has 0 heterocycles. The highest BCUT2D eigenvalue weighted by Gasteiger charge is 2.32. The van der Waals surface area contributed by atoms with Crippen LogP contribution in [-0.2, 0) is 0 Å². The van der Waals surface area contributed by atoms with Crippen LogP contribution in [0.4, 0.5) is 5.69 Å². The van der Waals surface area contributed by atoms with Crippen LogP contribution >= 0.6 is 11.6 Å². The molecular weight excluding hydrogens is 268 g/mol. The van der Waals surface area contributed by atoms with Crippen LogP contribution in [-0.4, -0.2) is 16.4 Å². The third-order valence-corrected chi connectivity index (χ3v) is 3.76. The van der Waals surface area contributed by atoms with Gasteiger partial charge in [0.05, 0.1) is 4.92 Å². The molecule has 19 heavy (non-hydrogen) atoms. The third-order valence-electron chi connectivity index (χ3n) is 3.52. The lowest BCUT2D eigenvalue weighted by atomic mass is 10.00. The number of carbonyl (C=O) groups excluding carboxylic acids is 1. The lowest BCUT2D eigenvalue weighted by molar-refractivity contribution is -0.385. The Morgan fingerprint density at radius 3 is 2.63 bits per heavy atom. The van der Waals surface area contributed by atoms with Gasteiger partial charge in [-0.3, -0.25) is 14.9 Å². The monoisotopic (exact) mass is 282 g/mol. The maximum absolute atomic E-state index is 12.2. The molecule has 1 amide bonds. The smallest absolute Gasteiger partial charge is 0.282 e. The van der Waals surface area contributed by atoms with E-state index in [2.05, 4.69) is 5.32 Å². The second-order valence-corrected chi connectivity index (χ2v) is 5.58. The molecular formula is C13H15ClN2O3. The van der Waals surface area contributed by atoms with Crippen LogP contribution in [0.15, 0.2) is 18.2 Å². The fourth-order valence-electron chi connectivity index (χ4n) is 2.47. The van der Waals surface area contributed by atoms with E-state index >= 15 is 0 Å². The molecule has 0 saturated heterocycles. The number of nitro groups is 1. The van der Waals surface area contributed by atoms with Crippen molar-refractivity contribution in [3.05, 3.63) is 38.9 Å². The molecule has 1 aromatic rings. The Labute approximate surface area is 116 Å². The fraction of sp³-hybridized carbons (Fsp3) is 0.462. The minimum Gasteiger partial charge on any atom is -0.347 e. The summed E-state index contributed by atoms with van der Waals surface area (Å²) in [5.74, 6) is -0.432. The molecule has 1 fully saturated rings. The maximum atomic E-state index is 12.2. The Morgan fingerprint density at radius 2 is 2.05 bits per heavy atom. The van der Waals surface area contributed by atoms with Crippen molar-refractivity contribution in [3.63, 3.8) is 0 Å². The summed E-state index contributed by atoms with van der Waals surface area (Å²) in [5, 5.41) is 14.1. The number of nitrogens with zero attached hydrogens (tertiary/aromatic N) is 1. The van der Waals surface area contributed by atoms with Crippen LogP contribution in [0.3, 0.4) is 0 Å². The van der Waals surface area contributed by atoms with Gasteiger partial charge in [-0.15, -0.1) is 0 Å². The van der Waals surface area contributed by atoms with E-state index < -0.39 is 10.8 Å². The summed E-state index contributed by atoms with van der Waals surface area (Å²) in [6, 6.07) is 4.01. The highest BCUT2D eigenvalue weighted by molar-refractivity contribution is 6.31. The van der Waals surface area contributed by atoms with Crippen molar-refractivity contribution >= 4 is 23.2 Å². The van der Waals surface area contributed by atoms with Crippen LogP contribution in [0.25, 0.3) is 0 Å². The summed E-state index contributed by atoms with van der Waals surface area (Å²) >= 11 is 5.81. The minimum absolute atomic E-state index is 0.0191. The first-order valence-corrected chi connectivity index (χ1v) is 6.55. The van der Waals surface area contributed by atoms with Gasteiger partial charge in [-0.05, 0) is 31.9 Å². The molecule has 0 aliphatic heterocycles. The zero-order valence-electron chi connectivity index (χ0n) is 10.6. The van der Waals surface area contributed by atoms with Crippen LogP contribution in [0.2, 0.25) is 5.02 Å². The third kappa shape index (κ3) is 3.04. The van der Waals surface area contributed by atoms with Crippen molar-refractivity contribution in [2.24, 2.45) is 0 Å². The van der Waals surface area contributed by atoms with Gasteiger partial charge in [-0.1, -0.05) is 24.4 Å². The van der Waals surface area contributed by atoms with Crippen LogP contribution < -0.4 is 5.32 Å². The highest BCUT2D eigenvalue weighted by atomic mass is 35.5. The Balaban J connectivity index is 2.27. The predicted molar refractivity (Wildman–Crippen MR) is 72.4 cm³/mol. The van der Waals surface area contributed by atoms with Gasteiger partial charge in [0.2, 0.25) is 0 Å². The minimum atomic E-state index is -0.567. The quantitative estimate of drug-likeness (QED) is 0.683. The number of nitro benzene ring substituents is 1. The number of halogens is 1. The van der Waals surface area contributed by atoms with E-state index in [0.29, 0.717) is 5.02 Å². The normalized spacial score (nSPS) is 17.2. The molecule has 0 aromatic heterocycles. The predicted octanol–water partition coefficient (Wildman–Crippen LogP) is 3.31. The van der Waals surface area contributed by atoms with E-state index in [0.717, 1.165) is 25.7 Å². The zero-order chi connectivity index (χ0) is 14.0. The number of hydrogen-bond acceptors (Lipinski definition) is 3. The van der Waals surface area contributed by atoms with E-state index in [9.17, 15) is 14.9 Å². The fourth-order valence-corrected chi connectivity index (χ4v) is 2.64. The Hall–Kier alpha value is -1.62. The summed E-state index contributed by atoms with van der Waals surface area (Å²) in [6.07, 6.45) is 3.92. The average molecular weight is 283 g/mol. The van der Waals surface area contributed by atoms with Crippen molar-refractivity contribution in [1.82, 2.24) is 5.32 Å². The SMILES string of the molecule is CC1(NC(=O)c2cc(Cl)ccc2[N+](=O)[O-])CCCC1. The maximum Gasteiger partial charge on any atom is 0.282 e. The van der Waals surface area contributed by atoms with Crippen molar-refractivity contribution in [1.29, 1.82) is 0 Å². The molecule has 5 nitrogen and oxygen atoms in total. The van der Waals surface area contributed by atoms with Gasteiger partial charge in [0.1, 0.15) is 5.56 Å². The molecule has 1 aliphatic rings. The van der Waals surface area contributed by atoms with Gasteiger partial charge in [-0.25, -0.2) is 0 Å². The van der Waals surface area contributed by atoms with Crippen LogP contribution in [0, 0.1) is 10.1 Å². The lowest BCUT2D eigenvalue weighted by Gasteiger charge is -2.25. The number of carbonyl (C=O) groups is 1. The molecule has 102 valence electrons. The summed E-state index contributed by atoms with van der Waals surface area (Å²) in [7, 11) is 0. The van der Waals surface area contributed by atoms with E-state index in [1.54, 1.807) is 0 Å². The summed E-state index contributed by atoms with van der Waals surface area (Å²) in [5.41, 5.74) is -0.470. The van der Waals surface area contributed by atoms with E-state index in [4.69, 9.17) is 11.6 Å². The standard InChI is InChI=1S/C13H15ClN2O3/c1-13(6-2-3-7-13)15-12(17)10-8-9(14)4-5-11(10)16(18)19/h4-5,8H,2-3,6-7H2,1H3,(H,15,17). The molecule has 0 bridgehead atoms. The largest absolute Gasteiger partial charge is 0.347 e. The van der Waals surface area contributed by atoms with Crippen LogP contribution in [0.5, 0.6) is 0 Å². The number of hydrogen-bond donors (Lipinski definition) is 1. The second kappa shape index (κ2) is 5.17. The number of amides is 1. The highest BCUT2D eigenvalue weighted by Crippen LogP contribution is 2.30. The van der Waals surface area contributed by atoms with Crippen molar-refractivity contribution < 1.29 is 9.72 Å². The van der Waals surface area contributed by atoms with E-state index in [-0.39, 0.29) is 16.8 Å². The van der Waals surface area contributed by atoms with Gasteiger partial charge < -0.3 is 5.32 Å². The van der Waals surface area contributed by atoms with Gasteiger partial charge in [0.25, 0.3) is 11.6 Å². The molecule has 1 saturated carbocycles. The first-order valence-electron chi connectivity index (χ1n) is 6.18. The number of rotatable bonds is 3. The summed E-state index contributed by atoms with van der Waals surface area (Å²) in [4.78, 5) is 22.6. The Bertz CT molecular complexity index is 525. The van der Waals surface area contributed by atoms with E-state index in [1.807, 2.05) is 6.92 Å². The molecule has 1 N–H and O–H groups in total. The van der Waals surface area contributed by atoms with Crippen molar-refractivity contribution in [3.8, 4) is 0 Å². The molecule has 2 rings (SSSR count). The lowest BCUT2D eigenvalue weighted by Crippen LogP contribution is -2.43. The van der Waals surface area contributed by atoms with E-state index in [1.165, 1.54) is 18.2 Å². The summed E-state index contributed by atoms with van der Waals surface area (Å²) < 4.78 is 0. The topological polar surface area (TPSA) is 72.2 Å². The molecule has 0 spiro atoms. The summed E-state index contributed by atoms with van der Waals surface area (Å²) in [6.45, 7) is 1.97. The first-order chi connectivity index (χ1) is 8.91. The molecule has 1 aliphatic carbocycles. The Morgan fingerprint density at radius 1 is 1.42 bits per heavy atom. The molecule has 0 atom stereocenters. The van der Waals surface area contributed by atoms with Gasteiger partial charge in [0.15, 0.2) is 0 Å².